The molecule has 3 aromatic rings. The molecule has 1 aromatic heterocycles. The molecule has 0 spiro atoms. The zero-order valence-corrected chi connectivity index (χ0v) is 16.7. The molecule has 0 bridgehead atoms. The zero-order valence-electron chi connectivity index (χ0n) is 15.0. The van der Waals surface area contributed by atoms with Gasteiger partial charge in [-0.05, 0) is 54.6 Å². The van der Waals surface area contributed by atoms with Gasteiger partial charge in [-0.2, -0.15) is 0 Å². The van der Waals surface area contributed by atoms with Gasteiger partial charge in [0.2, 0.25) is 0 Å². The Kier molecular flexibility index (Phi) is 5.71. The normalized spacial score (nSPS) is 11.7. The van der Waals surface area contributed by atoms with Crippen molar-refractivity contribution in [2.75, 3.05) is 13.4 Å². The topological polar surface area (TPSA) is 73.3 Å². The predicted octanol–water partition coefficient (Wildman–Crippen LogP) is 4.26. The van der Waals surface area contributed by atoms with Crippen LogP contribution in [0.1, 0.15) is 16.1 Å². The number of ether oxygens (including phenoxy) is 1. The summed E-state index contributed by atoms with van der Waals surface area (Å²) < 4.78 is 41.6. The van der Waals surface area contributed by atoms with E-state index in [4.69, 9.17) is 4.74 Å². The van der Waals surface area contributed by atoms with Crippen molar-refractivity contribution in [1.29, 1.82) is 0 Å². The summed E-state index contributed by atoms with van der Waals surface area (Å²) in [6, 6.07) is 10.2. The SMILES string of the molecule is COc1cc(C(=O)/C=C/c2csc(-c3ccc(F)cc3)n2)ccc1S(C)(=O)=O. The maximum absolute atomic E-state index is 13.0. The van der Waals surface area contributed by atoms with E-state index in [-0.39, 0.29) is 22.2 Å². The van der Waals surface area contributed by atoms with Gasteiger partial charge in [-0.3, -0.25) is 4.79 Å². The van der Waals surface area contributed by atoms with Crippen LogP contribution in [0, 0.1) is 5.82 Å². The highest BCUT2D eigenvalue weighted by Crippen LogP contribution is 2.26. The van der Waals surface area contributed by atoms with Gasteiger partial charge in [0.05, 0.1) is 12.8 Å². The third-order valence-electron chi connectivity index (χ3n) is 3.87. The number of nitrogens with zero attached hydrogens (tertiary/aromatic N) is 1. The van der Waals surface area contributed by atoms with E-state index in [1.54, 1.807) is 23.6 Å². The zero-order chi connectivity index (χ0) is 20.3. The summed E-state index contributed by atoms with van der Waals surface area (Å²) in [6.45, 7) is 0. The van der Waals surface area contributed by atoms with Crippen LogP contribution < -0.4 is 4.74 Å². The van der Waals surface area contributed by atoms with Crippen molar-refractivity contribution < 1.29 is 22.3 Å². The minimum Gasteiger partial charge on any atom is -0.495 e. The molecule has 0 N–H and O–H groups in total. The van der Waals surface area contributed by atoms with Crippen molar-refractivity contribution in [2.45, 2.75) is 4.90 Å². The van der Waals surface area contributed by atoms with Crippen molar-refractivity contribution in [3.8, 4) is 16.3 Å². The first-order valence-corrected chi connectivity index (χ1v) is 10.9. The number of allylic oxidation sites excluding steroid dienone is 1. The van der Waals surface area contributed by atoms with E-state index in [0.29, 0.717) is 16.3 Å². The molecule has 2 aromatic carbocycles. The Balaban J connectivity index is 1.80. The Morgan fingerprint density at radius 3 is 2.54 bits per heavy atom. The Bertz CT molecular complexity index is 1150. The third-order valence-corrected chi connectivity index (χ3v) is 5.91. The number of sulfone groups is 1. The molecule has 0 radical (unpaired) electrons. The number of benzene rings is 2. The molecule has 0 atom stereocenters. The lowest BCUT2D eigenvalue weighted by atomic mass is 10.1. The first kappa shape index (κ1) is 19.9. The fourth-order valence-electron chi connectivity index (χ4n) is 2.47. The van der Waals surface area contributed by atoms with Crippen LogP contribution >= 0.6 is 11.3 Å². The molecule has 0 aliphatic rings. The summed E-state index contributed by atoms with van der Waals surface area (Å²) in [5.41, 5.74) is 1.69. The van der Waals surface area contributed by atoms with Crippen LogP contribution in [-0.4, -0.2) is 32.6 Å². The average Bonchev–Trinajstić information content (AvgIpc) is 3.14. The van der Waals surface area contributed by atoms with Crippen LogP contribution in [0.4, 0.5) is 4.39 Å². The monoisotopic (exact) mass is 417 g/mol. The molecular weight excluding hydrogens is 401 g/mol. The van der Waals surface area contributed by atoms with E-state index in [9.17, 15) is 17.6 Å². The maximum Gasteiger partial charge on any atom is 0.186 e. The first-order valence-electron chi connectivity index (χ1n) is 8.10. The fourth-order valence-corrected chi connectivity index (χ4v) is 4.09. The lowest BCUT2D eigenvalue weighted by molar-refractivity contribution is 0.104. The van der Waals surface area contributed by atoms with E-state index in [2.05, 4.69) is 4.98 Å². The maximum atomic E-state index is 13.0. The number of carbonyl (C=O) groups excluding carboxylic acids is 1. The Labute approximate surface area is 166 Å². The minimum atomic E-state index is -3.46. The van der Waals surface area contributed by atoms with Crippen molar-refractivity contribution in [1.82, 2.24) is 4.98 Å². The summed E-state index contributed by atoms with van der Waals surface area (Å²) in [6.07, 6.45) is 4.01. The summed E-state index contributed by atoms with van der Waals surface area (Å²) >= 11 is 1.38. The number of methoxy groups -OCH3 is 1. The second-order valence-corrected chi connectivity index (χ2v) is 8.76. The van der Waals surface area contributed by atoms with Gasteiger partial charge in [0.25, 0.3) is 0 Å². The molecule has 5 nitrogen and oxygen atoms in total. The molecule has 0 aliphatic heterocycles. The van der Waals surface area contributed by atoms with Gasteiger partial charge in [0.15, 0.2) is 15.6 Å². The first-order chi connectivity index (χ1) is 13.3. The highest BCUT2D eigenvalue weighted by Gasteiger charge is 2.16. The molecular formula is C20H16FNO4S2. The Morgan fingerprint density at radius 1 is 1.18 bits per heavy atom. The van der Waals surface area contributed by atoms with Crippen molar-refractivity contribution in [2.24, 2.45) is 0 Å². The Morgan fingerprint density at radius 2 is 1.89 bits per heavy atom. The third kappa shape index (κ3) is 4.52. The number of hydrogen-bond donors (Lipinski definition) is 0. The van der Waals surface area contributed by atoms with Gasteiger partial charge >= 0.3 is 0 Å². The van der Waals surface area contributed by atoms with Crippen LogP contribution in [0.2, 0.25) is 0 Å². The minimum absolute atomic E-state index is 0.0268. The van der Waals surface area contributed by atoms with Crippen LogP contribution in [0.3, 0.4) is 0 Å². The summed E-state index contributed by atoms with van der Waals surface area (Å²) in [7, 11) is -2.11. The van der Waals surface area contributed by atoms with E-state index in [0.717, 1.165) is 11.8 Å². The molecule has 144 valence electrons. The van der Waals surface area contributed by atoms with Gasteiger partial charge in [-0.25, -0.2) is 17.8 Å². The molecule has 8 heteroatoms. The highest BCUT2D eigenvalue weighted by atomic mass is 32.2. The van der Waals surface area contributed by atoms with Crippen LogP contribution in [0.15, 0.2) is 58.8 Å². The number of carbonyl (C=O) groups is 1. The molecule has 0 saturated heterocycles. The number of hydrogen-bond acceptors (Lipinski definition) is 6. The number of ketones is 1. The van der Waals surface area contributed by atoms with Gasteiger partial charge in [-0.15, -0.1) is 11.3 Å². The quantitative estimate of drug-likeness (QED) is 0.443. The standard InChI is InChI=1S/C20H16FNO4S2/c1-26-18-11-14(5-10-19(18)28(2,24)25)17(23)9-8-16-12-27-20(22-16)13-3-6-15(21)7-4-13/h3-12H,1-2H3/b9-8+. The van der Waals surface area contributed by atoms with E-state index >= 15 is 0 Å². The van der Waals surface area contributed by atoms with E-state index in [1.807, 2.05) is 0 Å². The highest BCUT2D eigenvalue weighted by molar-refractivity contribution is 7.90. The van der Waals surface area contributed by atoms with Crippen molar-refractivity contribution >= 4 is 33.0 Å². The molecule has 0 saturated carbocycles. The lowest BCUT2D eigenvalue weighted by Crippen LogP contribution is -2.03. The predicted molar refractivity (Wildman–Crippen MR) is 107 cm³/mol. The number of aromatic nitrogens is 1. The lowest BCUT2D eigenvalue weighted by Gasteiger charge is -2.07. The number of thiazole rings is 1. The summed E-state index contributed by atoms with van der Waals surface area (Å²) in [5.74, 6) is -0.507. The molecule has 0 unspecified atom stereocenters. The number of rotatable bonds is 6. The second kappa shape index (κ2) is 8.04. The molecule has 0 aliphatic carbocycles. The number of halogens is 1. The van der Waals surface area contributed by atoms with Gasteiger partial charge < -0.3 is 4.74 Å². The van der Waals surface area contributed by atoms with Crippen molar-refractivity contribution in [3.63, 3.8) is 0 Å². The van der Waals surface area contributed by atoms with Crippen LogP contribution in [-0.2, 0) is 9.84 Å². The van der Waals surface area contributed by atoms with E-state index < -0.39 is 9.84 Å². The van der Waals surface area contributed by atoms with E-state index in [1.165, 1.54) is 54.9 Å². The van der Waals surface area contributed by atoms with Crippen LogP contribution in [0.25, 0.3) is 16.6 Å². The summed E-state index contributed by atoms with van der Waals surface area (Å²) in [5, 5.41) is 2.50. The van der Waals surface area contributed by atoms with Crippen LogP contribution in [0.5, 0.6) is 5.75 Å². The molecule has 1 heterocycles. The molecule has 0 amide bonds. The fraction of sp³-hybridized carbons (Fsp3) is 0.100. The van der Waals surface area contributed by atoms with Gasteiger partial charge in [-0.1, -0.05) is 0 Å². The average molecular weight is 417 g/mol. The molecule has 3 rings (SSSR count). The Hall–Kier alpha value is -2.84. The van der Waals surface area contributed by atoms with Gasteiger partial charge in [0.1, 0.15) is 21.5 Å². The molecule has 0 fully saturated rings. The second-order valence-electron chi connectivity index (χ2n) is 5.92. The van der Waals surface area contributed by atoms with Crippen molar-refractivity contribution in [3.05, 3.63) is 71.0 Å². The smallest absolute Gasteiger partial charge is 0.186 e. The largest absolute Gasteiger partial charge is 0.495 e. The summed E-state index contributed by atoms with van der Waals surface area (Å²) in [4.78, 5) is 16.8. The van der Waals surface area contributed by atoms with Gasteiger partial charge in [0, 0.05) is 22.8 Å². The molecule has 28 heavy (non-hydrogen) atoms.